The van der Waals surface area contributed by atoms with Gasteiger partial charge in [0.25, 0.3) is 0 Å². The lowest BCUT2D eigenvalue weighted by atomic mass is 10.1. The molecule has 1 amide bonds. The summed E-state index contributed by atoms with van der Waals surface area (Å²) in [5.41, 5.74) is 1.46. The van der Waals surface area contributed by atoms with Gasteiger partial charge in [0.1, 0.15) is 19.3 Å². The molecule has 2 N–H and O–H groups in total. The Hall–Kier alpha value is -3.96. The van der Waals surface area contributed by atoms with Crippen molar-refractivity contribution in [3.8, 4) is 11.5 Å². The van der Waals surface area contributed by atoms with E-state index in [1.807, 2.05) is 42.5 Å². The van der Waals surface area contributed by atoms with Crippen LogP contribution in [0.15, 0.2) is 77.8 Å². The molecular weight excluding hydrogens is 470 g/mol. The molecule has 3 heterocycles. The van der Waals surface area contributed by atoms with Crippen molar-refractivity contribution in [2.75, 3.05) is 13.2 Å². The molecule has 0 fully saturated rings. The van der Waals surface area contributed by atoms with Crippen LogP contribution >= 0.6 is 0 Å². The normalized spacial score (nSPS) is 13.9. The SMILES string of the molecule is O=C(NCc1nnc2ccccn12)[C@@H](Cc1ccccc1)NS(=O)(=O)c1ccc2c(c1)OCCO2. The third kappa shape index (κ3) is 5.10. The van der Waals surface area contributed by atoms with Crippen LogP contribution in [0.25, 0.3) is 5.65 Å². The highest BCUT2D eigenvalue weighted by Crippen LogP contribution is 2.32. The van der Waals surface area contributed by atoms with Gasteiger partial charge in [-0.2, -0.15) is 4.72 Å². The molecule has 11 heteroatoms. The van der Waals surface area contributed by atoms with E-state index in [9.17, 15) is 13.2 Å². The first-order valence-corrected chi connectivity index (χ1v) is 12.5. The van der Waals surface area contributed by atoms with E-state index >= 15 is 0 Å². The number of amides is 1. The van der Waals surface area contributed by atoms with E-state index in [2.05, 4.69) is 20.2 Å². The van der Waals surface area contributed by atoms with E-state index in [0.29, 0.717) is 36.2 Å². The molecule has 0 saturated carbocycles. The molecule has 1 aliphatic rings. The molecule has 180 valence electrons. The number of nitrogens with zero attached hydrogens (tertiary/aromatic N) is 3. The predicted molar refractivity (Wildman–Crippen MR) is 127 cm³/mol. The summed E-state index contributed by atoms with van der Waals surface area (Å²) in [7, 11) is -4.04. The minimum absolute atomic E-state index is 0.0175. The Bertz CT molecular complexity index is 1460. The Labute approximate surface area is 202 Å². The lowest BCUT2D eigenvalue weighted by molar-refractivity contribution is -0.122. The van der Waals surface area contributed by atoms with Crippen LogP contribution < -0.4 is 19.5 Å². The number of sulfonamides is 1. The van der Waals surface area contributed by atoms with Gasteiger partial charge in [-0.3, -0.25) is 9.20 Å². The van der Waals surface area contributed by atoms with Gasteiger partial charge in [0.05, 0.1) is 11.4 Å². The van der Waals surface area contributed by atoms with E-state index < -0.39 is 22.0 Å². The zero-order valence-corrected chi connectivity index (χ0v) is 19.4. The van der Waals surface area contributed by atoms with E-state index in [4.69, 9.17) is 9.47 Å². The van der Waals surface area contributed by atoms with Crippen LogP contribution in [0.3, 0.4) is 0 Å². The van der Waals surface area contributed by atoms with E-state index in [1.54, 1.807) is 22.7 Å². The zero-order valence-electron chi connectivity index (χ0n) is 18.6. The number of fused-ring (bicyclic) bond motifs is 2. The first-order valence-electron chi connectivity index (χ1n) is 11.0. The zero-order chi connectivity index (χ0) is 24.3. The summed E-state index contributed by atoms with van der Waals surface area (Å²) >= 11 is 0. The Kier molecular flexibility index (Phi) is 6.34. The molecule has 1 aliphatic heterocycles. The van der Waals surface area contributed by atoms with E-state index in [1.165, 1.54) is 12.1 Å². The van der Waals surface area contributed by atoms with Gasteiger partial charge in [-0.25, -0.2) is 8.42 Å². The summed E-state index contributed by atoms with van der Waals surface area (Å²) in [6.07, 6.45) is 1.96. The van der Waals surface area contributed by atoms with Gasteiger partial charge < -0.3 is 14.8 Å². The molecule has 4 aromatic rings. The summed E-state index contributed by atoms with van der Waals surface area (Å²) in [6, 6.07) is 18.0. The third-order valence-electron chi connectivity index (χ3n) is 5.53. The second-order valence-corrected chi connectivity index (χ2v) is 9.65. The van der Waals surface area contributed by atoms with Gasteiger partial charge in [-0.1, -0.05) is 36.4 Å². The molecule has 0 unspecified atom stereocenters. The number of carbonyl (C=O) groups excluding carboxylic acids is 1. The van der Waals surface area contributed by atoms with Crippen molar-refractivity contribution in [3.63, 3.8) is 0 Å². The third-order valence-corrected chi connectivity index (χ3v) is 6.99. The molecule has 0 radical (unpaired) electrons. The maximum absolute atomic E-state index is 13.2. The molecule has 0 bridgehead atoms. The Balaban J connectivity index is 1.36. The van der Waals surface area contributed by atoms with Gasteiger partial charge >= 0.3 is 0 Å². The summed E-state index contributed by atoms with van der Waals surface area (Å²) in [4.78, 5) is 13.2. The fourth-order valence-electron chi connectivity index (χ4n) is 3.78. The highest BCUT2D eigenvalue weighted by atomic mass is 32.2. The highest BCUT2D eigenvalue weighted by Gasteiger charge is 2.27. The molecular formula is C24H23N5O5S. The van der Waals surface area contributed by atoms with Gasteiger partial charge in [0.2, 0.25) is 15.9 Å². The van der Waals surface area contributed by atoms with Crippen LogP contribution in [0.4, 0.5) is 0 Å². The molecule has 10 nitrogen and oxygen atoms in total. The first-order chi connectivity index (χ1) is 17.0. The summed E-state index contributed by atoms with van der Waals surface area (Å²) in [5, 5.41) is 11.0. The topological polar surface area (TPSA) is 124 Å². The lowest BCUT2D eigenvalue weighted by Gasteiger charge is -2.21. The fraction of sp³-hybridized carbons (Fsp3) is 0.208. The van der Waals surface area contributed by atoms with Crippen LogP contribution in [0.5, 0.6) is 11.5 Å². The van der Waals surface area contributed by atoms with Crippen molar-refractivity contribution in [2.24, 2.45) is 0 Å². The van der Waals surface area contributed by atoms with Gasteiger partial charge in [-0.15, -0.1) is 10.2 Å². The second kappa shape index (κ2) is 9.72. The van der Waals surface area contributed by atoms with Crippen molar-refractivity contribution in [1.82, 2.24) is 24.6 Å². The maximum Gasteiger partial charge on any atom is 0.241 e. The summed E-state index contributed by atoms with van der Waals surface area (Å²) in [6.45, 7) is 0.819. The molecule has 1 atom stereocenters. The number of hydrogen-bond acceptors (Lipinski definition) is 7. The fourth-order valence-corrected chi connectivity index (χ4v) is 5.00. The molecule has 0 spiro atoms. The van der Waals surface area contributed by atoms with Crippen molar-refractivity contribution in [2.45, 2.75) is 23.9 Å². The molecule has 5 rings (SSSR count). The first kappa shape index (κ1) is 22.8. The number of hydrogen-bond donors (Lipinski definition) is 2. The number of carbonyl (C=O) groups is 1. The molecule has 0 saturated heterocycles. The average Bonchev–Trinajstić information content (AvgIpc) is 3.30. The smallest absolute Gasteiger partial charge is 0.241 e. The summed E-state index contributed by atoms with van der Waals surface area (Å²) < 4.78 is 41.7. The van der Waals surface area contributed by atoms with Gasteiger partial charge in [0, 0.05) is 12.3 Å². The van der Waals surface area contributed by atoms with Crippen molar-refractivity contribution < 1.29 is 22.7 Å². The lowest BCUT2D eigenvalue weighted by Crippen LogP contribution is -2.47. The minimum atomic E-state index is -4.04. The van der Waals surface area contributed by atoms with Crippen molar-refractivity contribution >= 4 is 21.6 Å². The number of aromatic nitrogens is 3. The van der Waals surface area contributed by atoms with Gasteiger partial charge in [-0.05, 0) is 36.2 Å². The van der Waals surface area contributed by atoms with Crippen LogP contribution in [-0.4, -0.2) is 48.2 Å². The van der Waals surface area contributed by atoms with Crippen molar-refractivity contribution in [1.29, 1.82) is 0 Å². The quantitative estimate of drug-likeness (QED) is 0.383. The molecule has 0 aliphatic carbocycles. The van der Waals surface area contributed by atoms with Crippen LogP contribution in [-0.2, 0) is 27.8 Å². The van der Waals surface area contributed by atoms with Crippen LogP contribution in [0.1, 0.15) is 11.4 Å². The predicted octanol–water partition coefficient (Wildman–Crippen LogP) is 1.71. The van der Waals surface area contributed by atoms with Gasteiger partial charge in [0.15, 0.2) is 23.0 Å². The molecule has 2 aromatic heterocycles. The Morgan fingerprint density at radius 3 is 2.57 bits per heavy atom. The van der Waals surface area contributed by atoms with Crippen molar-refractivity contribution in [3.05, 3.63) is 84.3 Å². The summed E-state index contributed by atoms with van der Waals surface area (Å²) in [5.74, 6) is 0.876. The largest absolute Gasteiger partial charge is 0.486 e. The van der Waals surface area contributed by atoms with E-state index in [0.717, 1.165) is 5.56 Å². The number of rotatable bonds is 8. The maximum atomic E-state index is 13.2. The second-order valence-electron chi connectivity index (χ2n) is 7.93. The molecule has 35 heavy (non-hydrogen) atoms. The van der Waals surface area contributed by atoms with Crippen LogP contribution in [0.2, 0.25) is 0 Å². The monoisotopic (exact) mass is 493 g/mol. The minimum Gasteiger partial charge on any atom is -0.486 e. The standard InChI is InChI=1S/C24H23N5O5S/c30-24(25-16-23-27-26-22-8-4-5-11-29(22)23)19(14-17-6-2-1-3-7-17)28-35(31,32)18-9-10-20-21(15-18)34-13-12-33-20/h1-11,15,19,28H,12-14,16H2,(H,25,30)/t19-/m1/s1. The molecule has 2 aromatic carbocycles. The average molecular weight is 494 g/mol. The number of pyridine rings is 1. The number of benzene rings is 2. The van der Waals surface area contributed by atoms with Crippen LogP contribution in [0, 0.1) is 0 Å². The van der Waals surface area contributed by atoms with E-state index in [-0.39, 0.29) is 17.9 Å². The Morgan fingerprint density at radius 1 is 0.971 bits per heavy atom. The Morgan fingerprint density at radius 2 is 1.74 bits per heavy atom. The number of ether oxygens (including phenoxy) is 2. The highest BCUT2D eigenvalue weighted by molar-refractivity contribution is 7.89. The number of nitrogens with one attached hydrogen (secondary N) is 2.